The number of para-hydroxylation sites is 1. The molecule has 0 aliphatic rings. The van der Waals surface area contributed by atoms with Crippen molar-refractivity contribution < 1.29 is 17.9 Å². The number of ether oxygens (including phenoxy) is 1. The van der Waals surface area contributed by atoms with E-state index in [0.717, 1.165) is 126 Å². The number of rotatable bonds is 22. The van der Waals surface area contributed by atoms with E-state index in [1.54, 1.807) is 55.2 Å². The predicted octanol–water partition coefficient (Wildman–Crippen LogP) is 23.7. The summed E-state index contributed by atoms with van der Waals surface area (Å²) < 4.78 is 45.5. The van der Waals surface area contributed by atoms with Crippen molar-refractivity contribution in [3.05, 3.63) is 364 Å². The molecule has 0 aliphatic heterocycles. The Balaban J connectivity index is 0.000000160. The molecule has 0 atom stereocenters. The van der Waals surface area contributed by atoms with Crippen molar-refractivity contribution >= 4 is 112 Å². The zero-order chi connectivity index (χ0) is 82.5. The summed E-state index contributed by atoms with van der Waals surface area (Å²) in [5.41, 5.74) is 12.3. The first kappa shape index (κ1) is 86.2. The quantitative estimate of drug-likeness (QED) is 0.0314. The van der Waals surface area contributed by atoms with E-state index in [0.29, 0.717) is 60.6 Å². The van der Waals surface area contributed by atoms with Crippen molar-refractivity contribution in [3.63, 3.8) is 0 Å². The van der Waals surface area contributed by atoms with Crippen molar-refractivity contribution in [1.82, 2.24) is 66.0 Å². The minimum atomic E-state index is -0.465. The predicted molar refractivity (Wildman–Crippen MR) is 471 cm³/mol. The molecule has 16 aromatic rings. The Labute approximate surface area is 690 Å². The second kappa shape index (κ2) is 45.6. The number of pyridine rings is 4. The highest BCUT2D eigenvalue weighted by atomic mass is 35.5. The van der Waals surface area contributed by atoms with E-state index < -0.39 is 11.6 Å². The smallest absolute Gasteiger partial charge is 0.213 e. The summed E-state index contributed by atoms with van der Waals surface area (Å²) in [5, 5.41) is 59.9. The Bertz CT molecular complexity index is 5740. The normalized spacial score (nSPS) is 10.5. The van der Waals surface area contributed by atoms with Gasteiger partial charge >= 0.3 is 0 Å². The molecule has 117 heavy (non-hydrogen) atoms. The van der Waals surface area contributed by atoms with Crippen LogP contribution in [0.4, 0.5) is 59.2 Å². The average molecular weight is 1600 g/mol. The first-order valence-corrected chi connectivity index (χ1v) is 39.5. The number of anilines is 8. The lowest BCUT2D eigenvalue weighted by Gasteiger charge is -2.13. The van der Waals surface area contributed by atoms with E-state index in [-0.39, 0.29) is 15.9 Å². The molecule has 8 heterocycles. The fraction of sp³-hybridized carbons (Fsp3) is 0.170. The Hall–Kier alpha value is -13.2. The highest BCUT2D eigenvalue weighted by molar-refractivity contribution is 6.31. The summed E-state index contributed by atoms with van der Waals surface area (Å²) in [6, 6.07) is 71.1. The second-order valence-electron chi connectivity index (χ2n) is 25.6. The molecule has 0 radical (unpaired) electrons. The van der Waals surface area contributed by atoms with Gasteiger partial charge in [-0.05, 0) is 171 Å². The third kappa shape index (κ3) is 24.9. The molecule has 0 aliphatic carbocycles. The summed E-state index contributed by atoms with van der Waals surface area (Å²) in [5.74, 6) is 2.00. The van der Waals surface area contributed by atoms with Crippen LogP contribution in [0.15, 0.2) is 286 Å². The van der Waals surface area contributed by atoms with Crippen LogP contribution < -0.4 is 31.3 Å². The first-order valence-electron chi connectivity index (χ1n) is 38.7. The fourth-order valence-corrected chi connectivity index (χ4v) is 12.4. The molecule has 0 saturated heterocycles. The van der Waals surface area contributed by atoms with Crippen LogP contribution in [-0.4, -0.2) is 73.9 Å². The molecular weight excluding hydrogens is 1510 g/mol. The summed E-state index contributed by atoms with van der Waals surface area (Å²) >= 11 is 11.8. The molecule has 8 aromatic carbocycles. The van der Waals surface area contributed by atoms with Gasteiger partial charge in [0.05, 0.1) is 39.4 Å². The number of nitrogens with one attached hydrogen (secondary N) is 5. The molecule has 0 fully saturated rings. The number of allylic oxidation sites excluding steroid dienone is 2. The maximum absolute atomic E-state index is 13.5. The van der Waals surface area contributed by atoms with Gasteiger partial charge in [0.2, 0.25) is 5.88 Å². The lowest BCUT2D eigenvalue weighted by Crippen LogP contribution is -2.15. The molecule has 0 amide bonds. The monoisotopic (exact) mass is 1600 g/mol. The molecule has 0 spiro atoms. The standard InChI is InChI=1S/C24H23ClFN5.C22H18ClFN4O.C20H15FN4.C20H16N4.C4H8.2C2H6/c1-2-10-27-14-17-15-28-11-9-16(17)12-23-19-5-3-4-6-20(19)24(31-30-23)29-18-7-8-22(26)21(25)13-18;1-2-29-21-12-14(9-10-25-21)11-20-16-5-3-4-6-17(16)22(28-27-20)26-15-7-8-19(24)18(23)13-15;21-15-5-7-16(8-6-15)23-20-18-4-2-1-3-17(18)19(24-25-20)13-14-9-11-22-12-10-14;1-2-6-16(7-3-1)22-20-18-9-5-4-8-17(18)19(23-24-20)14-15-10-12-21-13-11-15;1-3-4-2;2*1-2/h3-9,11,13,15,27H,2,10,12,14H2,1H3,(H,29,31);3-10,12-13H,2,11H2,1H3,(H,26,28);1-12H,13H2,(H,23,25);1-13H,14H2,(H,22,24);3-4H,1-2H3;2*1-2H3/b;;;;4-3+;;. The number of fused-ring (bicyclic) bond motifs is 4. The van der Waals surface area contributed by atoms with Gasteiger partial charge in [0.15, 0.2) is 23.3 Å². The van der Waals surface area contributed by atoms with E-state index in [2.05, 4.69) is 106 Å². The number of aromatic nitrogens is 12. The zero-order valence-corrected chi connectivity index (χ0v) is 68.0. The van der Waals surface area contributed by atoms with Crippen LogP contribution in [0.25, 0.3) is 43.1 Å². The number of benzene rings is 8. The van der Waals surface area contributed by atoms with Crippen molar-refractivity contribution in [2.75, 3.05) is 34.4 Å². The Morgan fingerprint density at radius 1 is 0.359 bits per heavy atom. The minimum absolute atomic E-state index is 0.0478. The minimum Gasteiger partial charge on any atom is -0.478 e. The lowest BCUT2D eigenvalue weighted by atomic mass is 10.0. The van der Waals surface area contributed by atoms with Crippen LogP contribution >= 0.6 is 23.2 Å². The maximum Gasteiger partial charge on any atom is 0.213 e. The van der Waals surface area contributed by atoms with Gasteiger partial charge in [-0.25, -0.2) is 18.2 Å². The molecule has 0 bridgehead atoms. The number of hydrogen-bond acceptors (Lipinski definition) is 18. The van der Waals surface area contributed by atoms with Gasteiger partial charge in [0.1, 0.15) is 17.5 Å². The van der Waals surface area contributed by atoms with Crippen molar-refractivity contribution in [3.8, 4) is 5.88 Å². The van der Waals surface area contributed by atoms with Gasteiger partial charge in [-0.2, -0.15) is 20.4 Å². The largest absolute Gasteiger partial charge is 0.478 e. The molecule has 8 aromatic heterocycles. The molecular formula is C94H92Cl2F3N17O. The van der Waals surface area contributed by atoms with E-state index in [9.17, 15) is 13.2 Å². The van der Waals surface area contributed by atoms with Crippen molar-refractivity contribution in [2.24, 2.45) is 0 Å². The number of halogens is 5. The molecule has 594 valence electrons. The molecule has 16 rings (SSSR count). The van der Waals surface area contributed by atoms with Crippen LogP contribution in [0.3, 0.4) is 0 Å². The van der Waals surface area contributed by atoms with Crippen molar-refractivity contribution in [1.29, 1.82) is 0 Å². The molecule has 0 saturated carbocycles. The second-order valence-corrected chi connectivity index (χ2v) is 26.4. The summed E-state index contributed by atoms with van der Waals surface area (Å²) in [6.07, 6.45) is 20.3. The Kier molecular flexibility index (Phi) is 33.6. The maximum atomic E-state index is 13.5. The van der Waals surface area contributed by atoms with E-state index in [4.69, 9.17) is 27.9 Å². The number of hydrogen-bond donors (Lipinski definition) is 5. The SMILES string of the molecule is C/C=C/C.CC.CC.CCCNCc1cnccc1Cc1nnc(Nc2ccc(F)c(Cl)c2)c2ccccc12.CCOc1cc(Cc2nnc(Nc3ccc(F)c(Cl)c3)c3ccccc23)ccn1.Fc1ccc(Nc2nnc(Cc3ccncc3)c3ccccc23)cc1.c1ccc(Nc2nnc(Cc3ccncc3)c3ccccc23)cc1. The molecule has 18 nitrogen and oxygen atoms in total. The van der Waals surface area contributed by atoms with Crippen LogP contribution in [0.1, 0.15) is 112 Å². The highest BCUT2D eigenvalue weighted by Crippen LogP contribution is 2.34. The fourth-order valence-electron chi connectivity index (χ4n) is 12.0. The lowest BCUT2D eigenvalue weighted by molar-refractivity contribution is 0.326. The van der Waals surface area contributed by atoms with Crippen LogP contribution in [0.5, 0.6) is 5.88 Å². The van der Waals surface area contributed by atoms with Crippen LogP contribution in [0.2, 0.25) is 10.0 Å². The topological polar surface area (TPSA) is 224 Å². The van der Waals surface area contributed by atoms with Gasteiger partial charge in [-0.1, -0.05) is 185 Å². The molecule has 0 unspecified atom stereocenters. The Morgan fingerprint density at radius 3 is 1.14 bits per heavy atom. The summed E-state index contributed by atoms with van der Waals surface area (Å²) in [7, 11) is 0. The third-order valence-corrected chi connectivity index (χ3v) is 18.3. The van der Waals surface area contributed by atoms with Gasteiger partial charge in [0, 0.05) is 148 Å². The zero-order valence-electron chi connectivity index (χ0n) is 66.5. The number of nitrogens with zero attached hydrogens (tertiary/aromatic N) is 12. The van der Waals surface area contributed by atoms with E-state index in [1.165, 1.54) is 47.5 Å². The van der Waals surface area contributed by atoms with Gasteiger partial charge < -0.3 is 31.3 Å². The van der Waals surface area contributed by atoms with Gasteiger partial charge in [-0.15, -0.1) is 20.4 Å². The average Bonchev–Trinajstić information content (AvgIpc) is 0.797. The van der Waals surface area contributed by atoms with Gasteiger partial charge in [0.25, 0.3) is 0 Å². The first-order chi connectivity index (χ1) is 57.4. The highest BCUT2D eigenvalue weighted by Gasteiger charge is 2.17. The van der Waals surface area contributed by atoms with Crippen LogP contribution in [0, 0.1) is 17.5 Å². The summed E-state index contributed by atoms with van der Waals surface area (Å²) in [6.45, 7) is 18.4. The molecule has 5 N–H and O–H groups in total. The van der Waals surface area contributed by atoms with Crippen LogP contribution in [-0.2, 0) is 32.2 Å². The molecule has 23 heteroatoms. The summed E-state index contributed by atoms with van der Waals surface area (Å²) in [4.78, 5) is 16.6. The van der Waals surface area contributed by atoms with E-state index in [1.807, 2.05) is 231 Å². The van der Waals surface area contributed by atoms with E-state index >= 15 is 0 Å². The Morgan fingerprint density at radius 2 is 0.726 bits per heavy atom. The third-order valence-electron chi connectivity index (χ3n) is 17.7. The van der Waals surface area contributed by atoms with Crippen molar-refractivity contribution in [2.45, 2.75) is 94.0 Å². The van der Waals surface area contributed by atoms with Gasteiger partial charge in [-0.3, -0.25) is 15.0 Å².